The Kier molecular flexibility index (Phi) is 22.2. The van der Waals surface area contributed by atoms with Crippen LogP contribution in [-0.2, 0) is 14.3 Å². The molecular weight excluding hydrogens is 372 g/mol. The monoisotopic (exact) mass is 424 g/mol. The van der Waals surface area contributed by atoms with Crippen molar-refractivity contribution in [1.82, 2.24) is 0 Å². The number of esters is 1. The molecule has 0 aromatic carbocycles. The van der Waals surface area contributed by atoms with E-state index in [0.29, 0.717) is 19.3 Å². The van der Waals surface area contributed by atoms with E-state index < -0.39 is 6.10 Å². The fraction of sp³-hybridized carbons (Fsp3) is 0.926. The van der Waals surface area contributed by atoms with Crippen LogP contribution in [0.3, 0.4) is 0 Å². The van der Waals surface area contributed by atoms with Crippen molar-refractivity contribution in [2.24, 2.45) is 0 Å². The van der Waals surface area contributed by atoms with Gasteiger partial charge >= 0.3 is 5.97 Å². The second-order valence-electron chi connectivity index (χ2n) is 9.04. The third-order valence-electron chi connectivity index (χ3n) is 5.96. The lowest BCUT2D eigenvalue weighted by atomic mass is 10.0. The molecule has 1 unspecified atom stereocenters. The number of carbonyl (C=O) groups excluding carboxylic acids is 2. The van der Waals surface area contributed by atoms with Crippen LogP contribution in [0.4, 0.5) is 0 Å². The van der Waals surface area contributed by atoms with Gasteiger partial charge in [0.25, 0.3) is 0 Å². The lowest BCUT2D eigenvalue weighted by Crippen LogP contribution is -2.27. The average molecular weight is 425 g/mol. The highest BCUT2D eigenvalue weighted by Crippen LogP contribution is 2.16. The zero-order valence-corrected chi connectivity index (χ0v) is 20.7. The number of carbonyl (C=O) groups is 2. The summed E-state index contributed by atoms with van der Waals surface area (Å²) in [5, 5.41) is 0. The van der Waals surface area contributed by atoms with Gasteiger partial charge in [0.15, 0.2) is 11.9 Å². The van der Waals surface area contributed by atoms with Crippen LogP contribution in [0.5, 0.6) is 0 Å². The summed E-state index contributed by atoms with van der Waals surface area (Å²) in [6.07, 6.45) is 22.4. The van der Waals surface area contributed by atoms with E-state index in [9.17, 15) is 9.59 Å². The van der Waals surface area contributed by atoms with E-state index in [1.807, 2.05) is 0 Å². The molecule has 0 amide bonds. The molecule has 0 saturated heterocycles. The molecule has 0 radical (unpaired) electrons. The van der Waals surface area contributed by atoms with Crippen molar-refractivity contribution in [2.75, 3.05) is 0 Å². The maximum absolute atomic E-state index is 12.7. The molecule has 0 aromatic rings. The van der Waals surface area contributed by atoms with E-state index in [2.05, 4.69) is 20.8 Å². The van der Waals surface area contributed by atoms with Gasteiger partial charge in [-0.05, 0) is 25.7 Å². The van der Waals surface area contributed by atoms with E-state index >= 15 is 0 Å². The third-order valence-corrected chi connectivity index (χ3v) is 5.96. The summed E-state index contributed by atoms with van der Waals surface area (Å²) in [5.74, 6) is -0.0203. The number of Topliss-reactive ketones (excluding diaryl/α,β-unsaturated/α-hetero) is 1. The fourth-order valence-corrected chi connectivity index (χ4v) is 3.90. The SMILES string of the molecule is CCCCCCCCC(=O)OC(CCCCCCCC)C(=O)CCCCCCCC. The first kappa shape index (κ1) is 29.1. The van der Waals surface area contributed by atoms with Gasteiger partial charge in [0.1, 0.15) is 0 Å². The summed E-state index contributed by atoms with van der Waals surface area (Å²) in [7, 11) is 0. The Morgan fingerprint density at radius 1 is 0.533 bits per heavy atom. The van der Waals surface area contributed by atoms with E-state index in [1.54, 1.807) is 0 Å². The first-order chi connectivity index (χ1) is 14.7. The molecule has 3 heteroatoms. The summed E-state index contributed by atoms with van der Waals surface area (Å²) in [6.45, 7) is 6.65. The Labute approximate surface area is 188 Å². The molecule has 0 N–H and O–H groups in total. The Morgan fingerprint density at radius 2 is 0.933 bits per heavy atom. The van der Waals surface area contributed by atoms with Crippen LogP contribution >= 0.6 is 0 Å². The molecule has 0 spiro atoms. The molecule has 0 saturated carbocycles. The quantitative estimate of drug-likeness (QED) is 0.122. The molecular formula is C27H52O3. The lowest BCUT2D eigenvalue weighted by Gasteiger charge is -2.17. The Bertz CT molecular complexity index is 392. The lowest BCUT2D eigenvalue weighted by molar-refractivity contribution is -0.155. The molecule has 0 fully saturated rings. The van der Waals surface area contributed by atoms with Crippen LogP contribution in [-0.4, -0.2) is 17.9 Å². The van der Waals surface area contributed by atoms with Gasteiger partial charge in [0.2, 0.25) is 0 Å². The molecule has 0 aliphatic carbocycles. The van der Waals surface area contributed by atoms with Crippen LogP contribution in [0.1, 0.15) is 156 Å². The third kappa shape index (κ3) is 19.1. The number of ketones is 1. The van der Waals surface area contributed by atoms with Crippen molar-refractivity contribution in [1.29, 1.82) is 0 Å². The summed E-state index contributed by atoms with van der Waals surface area (Å²) < 4.78 is 5.67. The number of unbranched alkanes of at least 4 members (excludes halogenated alkanes) is 15. The number of hydrogen-bond donors (Lipinski definition) is 0. The smallest absolute Gasteiger partial charge is 0.306 e. The molecule has 0 heterocycles. The first-order valence-corrected chi connectivity index (χ1v) is 13.4. The Morgan fingerprint density at radius 3 is 1.43 bits per heavy atom. The molecule has 30 heavy (non-hydrogen) atoms. The standard InChI is InChI=1S/C27H52O3/c1-4-7-10-13-16-19-22-25(28)26(23-20-17-14-11-8-5-2)30-27(29)24-21-18-15-12-9-6-3/h26H,4-24H2,1-3H3. The Balaban J connectivity index is 4.23. The minimum absolute atomic E-state index is 0.148. The van der Waals surface area contributed by atoms with Gasteiger partial charge < -0.3 is 4.74 Å². The van der Waals surface area contributed by atoms with Gasteiger partial charge in [0.05, 0.1) is 0 Å². The van der Waals surface area contributed by atoms with E-state index in [-0.39, 0.29) is 11.8 Å². The highest BCUT2D eigenvalue weighted by molar-refractivity contribution is 5.85. The number of rotatable bonds is 23. The molecule has 0 aliphatic heterocycles. The highest BCUT2D eigenvalue weighted by atomic mass is 16.5. The minimum Gasteiger partial charge on any atom is -0.454 e. The zero-order chi connectivity index (χ0) is 22.3. The highest BCUT2D eigenvalue weighted by Gasteiger charge is 2.21. The zero-order valence-electron chi connectivity index (χ0n) is 20.7. The maximum atomic E-state index is 12.7. The van der Waals surface area contributed by atoms with Crippen molar-refractivity contribution in [3.63, 3.8) is 0 Å². The second-order valence-corrected chi connectivity index (χ2v) is 9.04. The van der Waals surface area contributed by atoms with E-state index in [0.717, 1.165) is 38.5 Å². The van der Waals surface area contributed by atoms with E-state index in [4.69, 9.17) is 4.74 Å². The summed E-state index contributed by atoms with van der Waals surface area (Å²) in [4.78, 5) is 25.0. The van der Waals surface area contributed by atoms with Crippen LogP contribution < -0.4 is 0 Å². The van der Waals surface area contributed by atoms with Gasteiger partial charge in [-0.1, -0.05) is 117 Å². The minimum atomic E-state index is -0.501. The van der Waals surface area contributed by atoms with Crippen LogP contribution in [0.15, 0.2) is 0 Å². The molecule has 0 rings (SSSR count). The van der Waals surface area contributed by atoms with Crippen molar-refractivity contribution >= 4 is 11.8 Å². The fourth-order valence-electron chi connectivity index (χ4n) is 3.90. The summed E-state index contributed by atoms with van der Waals surface area (Å²) in [5.41, 5.74) is 0. The molecule has 0 bridgehead atoms. The van der Waals surface area contributed by atoms with Crippen LogP contribution in [0.25, 0.3) is 0 Å². The normalized spacial score (nSPS) is 12.1. The first-order valence-electron chi connectivity index (χ1n) is 13.4. The molecule has 0 aliphatic rings. The van der Waals surface area contributed by atoms with Crippen LogP contribution in [0.2, 0.25) is 0 Å². The second kappa shape index (κ2) is 22.8. The van der Waals surface area contributed by atoms with Crippen molar-refractivity contribution < 1.29 is 14.3 Å². The maximum Gasteiger partial charge on any atom is 0.306 e. The molecule has 0 aromatic heterocycles. The molecule has 3 nitrogen and oxygen atoms in total. The number of ether oxygens (including phenoxy) is 1. The average Bonchev–Trinajstić information content (AvgIpc) is 2.74. The number of hydrogen-bond acceptors (Lipinski definition) is 3. The van der Waals surface area contributed by atoms with Gasteiger partial charge in [-0.25, -0.2) is 0 Å². The van der Waals surface area contributed by atoms with Gasteiger partial charge in [0, 0.05) is 12.8 Å². The largest absolute Gasteiger partial charge is 0.454 e. The molecule has 178 valence electrons. The van der Waals surface area contributed by atoms with Crippen molar-refractivity contribution in [2.45, 2.75) is 162 Å². The van der Waals surface area contributed by atoms with Gasteiger partial charge in [-0.2, -0.15) is 0 Å². The van der Waals surface area contributed by atoms with Gasteiger partial charge in [-0.3, -0.25) is 9.59 Å². The molecule has 1 atom stereocenters. The topological polar surface area (TPSA) is 43.4 Å². The summed E-state index contributed by atoms with van der Waals surface area (Å²) >= 11 is 0. The summed E-state index contributed by atoms with van der Waals surface area (Å²) in [6, 6.07) is 0. The van der Waals surface area contributed by atoms with Crippen molar-refractivity contribution in [3.05, 3.63) is 0 Å². The predicted octanol–water partition coefficient (Wildman–Crippen LogP) is 8.72. The Hall–Kier alpha value is -0.860. The van der Waals surface area contributed by atoms with E-state index in [1.165, 1.54) is 77.0 Å². The van der Waals surface area contributed by atoms with Gasteiger partial charge in [-0.15, -0.1) is 0 Å². The van der Waals surface area contributed by atoms with Crippen LogP contribution in [0, 0.1) is 0 Å². The van der Waals surface area contributed by atoms with Crippen molar-refractivity contribution in [3.8, 4) is 0 Å². The predicted molar refractivity (Wildman–Crippen MR) is 129 cm³/mol.